The molecule has 0 saturated carbocycles. The van der Waals surface area contributed by atoms with Gasteiger partial charge in [-0.15, -0.1) is 0 Å². The first kappa shape index (κ1) is 10.2. The lowest BCUT2D eigenvalue weighted by atomic mass is 9.97. The summed E-state index contributed by atoms with van der Waals surface area (Å²) in [4.78, 5) is 0. The number of hydrogen-bond acceptors (Lipinski definition) is 2. The first-order valence-electron chi connectivity index (χ1n) is 4.45. The standard InChI is InChI=1S/C11H17NO/c1-11(2,13-3)10-6-4-9(8-12)5-7-10/h4-7H,8,12H2,1-3H3. The molecule has 2 nitrogen and oxygen atoms in total. The van der Waals surface area contributed by atoms with Crippen LogP contribution >= 0.6 is 0 Å². The third-order valence-electron chi connectivity index (χ3n) is 2.40. The van der Waals surface area contributed by atoms with Crippen LogP contribution in [0.2, 0.25) is 0 Å². The van der Waals surface area contributed by atoms with Gasteiger partial charge in [0.1, 0.15) is 0 Å². The van der Waals surface area contributed by atoms with E-state index in [2.05, 4.69) is 12.1 Å². The summed E-state index contributed by atoms with van der Waals surface area (Å²) in [6.07, 6.45) is 0. The molecule has 1 aromatic carbocycles. The van der Waals surface area contributed by atoms with E-state index in [1.165, 1.54) is 5.56 Å². The minimum Gasteiger partial charge on any atom is -0.374 e. The topological polar surface area (TPSA) is 35.2 Å². The second kappa shape index (κ2) is 3.90. The molecular formula is C11H17NO. The van der Waals surface area contributed by atoms with Crippen molar-refractivity contribution in [2.24, 2.45) is 5.73 Å². The third-order valence-corrected chi connectivity index (χ3v) is 2.40. The van der Waals surface area contributed by atoms with E-state index in [4.69, 9.17) is 10.5 Å². The molecule has 0 saturated heterocycles. The molecule has 0 unspecified atom stereocenters. The fourth-order valence-electron chi connectivity index (χ4n) is 1.16. The number of nitrogens with two attached hydrogens (primary N) is 1. The third kappa shape index (κ3) is 2.29. The highest BCUT2D eigenvalue weighted by atomic mass is 16.5. The Kier molecular flexibility index (Phi) is 3.07. The maximum atomic E-state index is 5.51. The molecule has 72 valence electrons. The van der Waals surface area contributed by atoms with Gasteiger partial charge in [-0.2, -0.15) is 0 Å². The number of benzene rings is 1. The molecule has 0 amide bonds. The van der Waals surface area contributed by atoms with E-state index in [0.717, 1.165) is 5.56 Å². The molecule has 1 aromatic rings. The lowest BCUT2D eigenvalue weighted by Gasteiger charge is -2.23. The highest BCUT2D eigenvalue weighted by molar-refractivity contribution is 5.26. The lowest BCUT2D eigenvalue weighted by Crippen LogP contribution is -2.19. The maximum absolute atomic E-state index is 5.51. The Bertz CT molecular complexity index is 264. The van der Waals surface area contributed by atoms with E-state index in [-0.39, 0.29) is 5.60 Å². The summed E-state index contributed by atoms with van der Waals surface area (Å²) in [5.41, 5.74) is 7.62. The van der Waals surface area contributed by atoms with Gasteiger partial charge in [-0.05, 0) is 25.0 Å². The summed E-state index contributed by atoms with van der Waals surface area (Å²) >= 11 is 0. The molecule has 2 heteroatoms. The Morgan fingerprint density at radius 2 is 1.77 bits per heavy atom. The van der Waals surface area contributed by atoms with Crippen LogP contribution in [0.4, 0.5) is 0 Å². The minimum atomic E-state index is -0.215. The lowest BCUT2D eigenvalue weighted by molar-refractivity contribution is 0.0192. The van der Waals surface area contributed by atoms with E-state index in [9.17, 15) is 0 Å². The van der Waals surface area contributed by atoms with Crippen molar-refractivity contribution < 1.29 is 4.74 Å². The van der Waals surface area contributed by atoms with E-state index in [1.54, 1.807) is 7.11 Å². The van der Waals surface area contributed by atoms with Crippen molar-refractivity contribution in [3.05, 3.63) is 35.4 Å². The highest BCUT2D eigenvalue weighted by Gasteiger charge is 2.18. The van der Waals surface area contributed by atoms with Gasteiger partial charge in [-0.1, -0.05) is 24.3 Å². The van der Waals surface area contributed by atoms with Gasteiger partial charge in [0.2, 0.25) is 0 Å². The van der Waals surface area contributed by atoms with Crippen molar-refractivity contribution >= 4 is 0 Å². The molecule has 0 aliphatic heterocycles. The fourth-order valence-corrected chi connectivity index (χ4v) is 1.16. The van der Waals surface area contributed by atoms with E-state index in [1.807, 2.05) is 26.0 Å². The Morgan fingerprint density at radius 3 is 2.15 bits per heavy atom. The molecule has 1 rings (SSSR count). The molecule has 13 heavy (non-hydrogen) atoms. The van der Waals surface area contributed by atoms with Gasteiger partial charge in [0, 0.05) is 13.7 Å². The average Bonchev–Trinajstić information content (AvgIpc) is 2.18. The molecule has 0 aliphatic carbocycles. The Labute approximate surface area is 79.7 Å². The molecule has 0 heterocycles. The maximum Gasteiger partial charge on any atom is 0.0871 e. The van der Waals surface area contributed by atoms with Crippen molar-refractivity contribution in [3.63, 3.8) is 0 Å². The largest absolute Gasteiger partial charge is 0.374 e. The number of ether oxygens (including phenoxy) is 1. The summed E-state index contributed by atoms with van der Waals surface area (Å²) in [7, 11) is 1.72. The van der Waals surface area contributed by atoms with Gasteiger partial charge >= 0.3 is 0 Å². The molecule has 0 aromatic heterocycles. The molecule has 2 N–H and O–H groups in total. The Hall–Kier alpha value is -0.860. The van der Waals surface area contributed by atoms with E-state index >= 15 is 0 Å². The Balaban J connectivity index is 2.92. The van der Waals surface area contributed by atoms with Crippen molar-refractivity contribution in [1.29, 1.82) is 0 Å². The molecule has 0 spiro atoms. The van der Waals surface area contributed by atoms with Gasteiger partial charge in [0.05, 0.1) is 5.60 Å². The second-order valence-corrected chi connectivity index (χ2v) is 3.62. The van der Waals surface area contributed by atoms with Gasteiger partial charge in [0.25, 0.3) is 0 Å². The van der Waals surface area contributed by atoms with Gasteiger partial charge in [-0.3, -0.25) is 0 Å². The zero-order valence-electron chi connectivity index (χ0n) is 8.50. The predicted molar refractivity (Wildman–Crippen MR) is 54.4 cm³/mol. The van der Waals surface area contributed by atoms with Crippen LogP contribution in [-0.2, 0) is 16.9 Å². The van der Waals surface area contributed by atoms with Crippen molar-refractivity contribution in [2.45, 2.75) is 26.0 Å². The monoisotopic (exact) mass is 179 g/mol. The Morgan fingerprint density at radius 1 is 1.23 bits per heavy atom. The van der Waals surface area contributed by atoms with Crippen LogP contribution in [0.1, 0.15) is 25.0 Å². The quantitative estimate of drug-likeness (QED) is 0.770. The molecular weight excluding hydrogens is 162 g/mol. The zero-order valence-corrected chi connectivity index (χ0v) is 8.50. The normalized spacial score (nSPS) is 11.7. The van der Waals surface area contributed by atoms with E-state index < -0.39 is 0 Å². The van der Waals surface area contributed by atoms with Crippen LogP contribution in [0.5, 0.6) is 0 Å². The second-order valence-electron chi connectivity index (χ2n) is 3.62. The molecule has 0 atom stereocenters. The predicted octanol–water partition coefficient (Wildman–Crippen LogP) is 2.03. The highest BCUT2D eigenvalue weighted by Crippen LogP contribution is 2.23. The number of hydrogen-bond donors (Lipinski definition) is 1. The summed E-state index contributed by atoms with van der Waals surface area (Å²) < 4.78 is 5.37. The molecule has 0 fully saturated rings. The zero-order chi connectivity index (χ0) is 9.90. The smallest absolute Gasteiger partial charge is 0.0871 e. The van der Waals surface area contributed by atoms with Crippen LogP contribution in [0, 0.1) is 0 Å². The summed E-state index contributed by atoms with van der Waals surface area (Å²) in [6.45, 7) is 4.68. The summed E-state index contributed by atoms with van der Waals surface area (Å²) in [6, 6.07) is 8.20. The minimum absolute atomic E-state index is 0.215. The van der Waals surface area contributed by atoms with Crippen LogP contribution < -0.4 is 5.73 Å². The average molecular weight is 179 g/mol. The van der Waals surface area contributed by atoms with Crippen molar-refractivity contribution in [3.8, 4) is 0 Å². The number of rotatable bonds is 3. The fraction of sp³-hybridized carbons (Fsp3) is 0.455. The van der Waals surface area contributed by atoms with Crippen LogP contribution in [-0.4, -0.2) is 7.11 Å². The molecule has 0 radical (unpaired) electrons. The van der Waals surface area contributed by atoms with Gasteiger partial charge in [-0.25, -0.2) is 0 Å². The van der Waals surface area contributed by atoms with Gasteiger partial charge in [0.15, 0.2) is 0 Å². The van der Waals surface area contributed by atoms with Crippen molar-refractivity contribution in [2.75, 3.05) is 7.11 Å². The van der Waals surface area contributed by atoms with Crippen molar-refractivity contribution in [1.82, 2.24) is 0 Å². The number of methoxy groups -OCH3 is 1. The first-order chi connectivity index (χ1) is 6.10. The SMILES string of the molecule is COC(C)(C)c1ccc(CN)cc1. The summed E-state index contributed by atoms with van der Waals surface area (Å²) in [5.74, 6) is 0. The molecule has 0 bridgehead atoms. The first-order valence-corrected chi connectivity index (χ1v) is 4.45. The van der Waals surface area contributed by atoms with Gasteiger partial charge < -0.3 is 10.5 Å². The summed E-state index contributed by atoms with van der Waals surface area (Å²) in [5, 5.41) is 0. The van der Waals surface area contributed by atoms with Crippen LogP contribution in [0.15, 0.2) is 24.3 Å². The van der Waals surface area contributed by atoms with E-state index in [0.29, 0.717) is 6.54 Å². The van der Waals surface area contributed by atoms with Crippen LogP contribution in [0.3, 0.4) is 0 Å². The molecule has 0 aliphatic rings. The van der Waals surface area contributed by atoms with Crippen LogP contribution in [0.25, 0.3) is 0 Å².